The summed E-state index contributed by atoms with van der Waals surface area (Å²) >= 11 is 0. The van der Waals surface area contributed by atoms with E-state index in [4.69, 9.17) is 0 Å². The molecule has 1 aliphatic rings. The number of sulfonamides is 1. The maximum Gasteiger partial charge on any atom is 0.244 e. The molecule has 0 aromatic heterocycles. The number of hydrogen-bond donors (Lipinski definition) is 1. The number of amides is 1. The Morgan fingerprint density at radius 1 is 1.16 bits per heavy atom. The predicted molar refractivity (Wildman–Crippen MR) is 98.9 cm³/mol. The number of rotatable bonds is 5. The Labute approximate surface area is 148 Å². The molecule has 0 unspecified atom stereocenters. The van der Waals surface area contributed by atoms with Crippen LogP contribution in [0.25, 0.3) is 0 Å². The minimum Gasteiger partial charge on any atom is -0.310 e. The average molecular weight is 358 g/mol. The van der Waals surface area contributed by atoms with Gasteiger partial charge < -0.3 is 4.90 Å². The lowest BCUT2D eigenvalue weighted by atomic mass is 10.1. The van der Waals surface area contributed by atoms with Crippen molar-refractivity contribution in [1.29, 1.82) is 0 Å². The van der Waals surface area contributed by atoms with Gasteiger partial charge in [-0.25, -0.2) is 13.1 Å². The Hall–Kier alpha value is -2.18. The van der Waals surface area contributed by atoms with E-state index in [1.807, 2.05) is 49.4 Å². The van der Waals surface area contributed by atoms with Crippen LogP contribution in [0, 0.1) is 6.92 Å². The van der Waals surface area contributed by atoms with Gasteiger partial charge in [-0.2, -0.15) is 0 Å². The highest BCUT2D eigenvalue weighted by Gasteiger charge is 2.30. The molecular weight excluding hydrogens is 336 g/mol. The third-order valence-corrected chi connectivity index (χ3v) is 5.89. The van der Waals surface area contributed by atoms with Gasteiger partial charge in [-0.3, -0.25) is 4.79 Å². The van der Waals surface area contributed by atoms with Crippen molar-refractivity contribution in [2.75, 3.05) is 11.4 Å². The van der Waals surface area contributed by atoms with E-state index in [1.165, 1.54) is 0 Å². The lowest BCUT2D eigenvalue weighted by Gasteiger charge is -2.22. The fraction of sp³-hybridized carbons (Fsp3) is 0.316. The first-order chi connectivity index (χ1) is 11.9. The Kier molecular flexibility index (Phi) is 4.92. The SMILES string of the molecule is Cc1ccccc1CS(=O)(=O)N[C@@H](C)C(=O)N1CCc2ccccc21. The van der Waals surface area contributed by atoms with Crippen LogP contribution in [0.4, 0.5) is 5.69 Å². The molecule has 0 aliphatic carbocycles. The third kappa shape index (κ3) is 3.91. The Morgan fingerprint density at radius 2 is 1.84 bits per heavy atom. The van der Waals surface area contributed by atoms with Crippen LogP contribution in [0.5, 0.6) is 0 Å². The summed E-state index contributed by atoms with van der Waals surface area (Å²) in [5.41, 5.74) is 3.64. The summed E-state index contributed by atoms with van der Waals surface area (Å²) in [6, 6.07) is 14.3. The van der Waals surface area contributed by atoms with E-state index in [1.54, 1.807) is 17.9 Å². The summed E-state index contributed by atoms with van der Waals surface area (Å²) in [5, 5.41) is 0. The summed E-state index contributed by atoms with van der Waals surface area (Å²) in [7, 11) is -3.61. The van der Waals surface area contributed by atoms with Crippen LogP contribution < -0.4 is 9.62 Å². The molecular formula is C19H22N2O3S. The van der Waals surface area contributed by atoms with Crippen LogP contribution in [0.15, 0.2) is 48.5 Å². The van der Waals surface area contributed by atoms with Crippen molar-refractivity contribution in [1.82, 2.24) is 4.72 Å². The summed E-state index contributed by atoms with van der Waals surface area (Å²) < 4.78 is 27.4. The van der Waals surface area contributed by atoms with E-state index in [9.17, 15) is 13.2 Å². The molecule has 1 atom stereocenters. The number of carbonyl (C=O) groups excluding carboxylic acids is 1. The lowest BCUT2D eigenvalue weighted by molar-refractivity contribution is -0.119. The molecule has 5 nitrogen and oxygen atoms in total. The number of anilines is 1. The first-order valence-corrected chi connectivity index (χ1v) is 9.96. The van der Waals surface area contributed by atoms with Gasteiger partial charge in [0.05, 0.1) is 11.8 Å². The monoisotopic (exact) mass is 358 g/mol. The second-order valence-electron chi connectivity index (χ2n) is 6.39. The van der Waals surface area contributed by atoms with Crippen molar-refractivity contribution in [2.45, 2.75) is 32.1 Å². The quantitative estimate of drug-likeness (QED) is 0.892. The van der Waals surface area contributed by atoms with Crippen molar-refractivity contribution >= 4 is 21.6 Å². The van der Waals surface area contributed by atoms with E-state index >= 15 is 0 Å². The molecule has 2 aromatic rings. The topological polar surface area (TPSA) is 66.5 Å². The van der Waals surface area contributed by atoms with Crippen LogP contribution >= 0.6 is 0 Å². The Balaban J connectivity index is 1.70. The molecule has 3 rings (SSSR count). The van der Waals surface area contributed by atoms with Gasteiger partial charge in [-0.05, 0) is 43.0 Å². The van der Waals surface area contributed by atoms with E-state index in [0.717, 1.165) is 28.8 Å². The summed E-state index contributed by atoms with van der Waals surface area (Å²) in [4.78, 5) is 14.4. The molecule has 1 heterocycles. The normalized spacial score (nSPS) is 15.0. The molecule has 1 aliphatic heterocycles. The largest absolute Gasteiger partial charge is 0.310 e. The Morgan fingerprint density at radius 3 is 2.60 bits per heavy atom. The van der Waals surface area contributed by atoms with Crippen LogP contribution in [-0.2, 0) is 27.0 Å². The molecule has 1 N–H and O–H groups in total. The van der Waals surface area contributed by atoms with Crippen molar-refractivity contribution in [3.05, 3.63) is 65.2 Å². The van der Waals surface area contributed by atoms with Crippen LogP contribution in [0.3, 0.4) is 0 Å². The number of carbonyl (C=O) groups is 1. The first-order valence-electron chi connectivity index (χ1n) is 8.31. The van der Waals surface area contributed by atoms with Gasteiger partial charge >= 0.3 is 0 Å². The van der Waals surface area contributed by atoms with Gasteiger partial charge in [0.1, 0.15) is 0 Å². The number of benzene rings is 2. The van der Waals surface area contributed by atoms with Gasteiger partial charge in [-0.15, -0.1) is 0 Å². The zero-order chi connectivity index (χ0) is 18.0. The molecule has 132 valence electrons. The van der Waals surface area contributed by atoms with Crippen LogP contribution in [0.1, 0.15) is 23.6 Å². The summed E-state index contributed by atoms with van der Waals surface area (Å²) in [6.45, 7) is 4.06. The number of hydrogen-bond acceptors (Lipinski definition) is 3. The van der Waals surface area contributed by atoms with E-state index in [0.29, 0.717) is 6.54 Å². The standard InChI is InChI=1S/C19H22N2O3S/c1-14-7-3-4-9-17(14)13-25(23,24)20-15(2)19(22)21-12-11-16-8-5-6-10-18(16)21/h3-10,15,20H,11-13H2,1-2H3/t15-/m0/s1. The number of nitrogens with zero attached hydrogens (tertiary/aromatic N) is 1. The first kappa shape index (κ1) is 17.6. The molecule has 0 spiro atoms. The molecule has 0 saturated carbocycles. The molecule has 25 heavy (non-hydrogen) atoms. The zero-order valence-electron chi connectivity index (χ0n) is 14.4. The highest BCUT2D eigenvalue weighted by atomic mass is 32.2. The highest BCUT2D eigenvalue weighted by molar-refractivity contribution is 7.88. The fourth-order valence-electron chi connectivity index (χ4n) is 3.14. The second-order valence-corrected chi connectivity index (χ2v) is 8.15. The molecule has 2 aromatic carbocycles. The van der Waals surface area contributed by atoms with Crippen molar-refractivity contribution in [2.24, 2.45) is 0 Å². The molecule has 0 saturated heterocycles. The fourth-order valence-corrected chi connectivity index (χ4v) is 4.60. The maximum atomic E-state index is 12.7. The van der Waals surface area contributed by atoms with Gasteiger partial charge in [-0.1, -0.05) is 42.5 Å². The summed E-state index contributed by atoms with van der Waals surface area (Å²) in [5.74, 6) is -0.355. The molecule has 6 heteroatoms. The van der Waals surface area contributed by atoms with Crippen LogP contribution in [0.2, 0.25) is 0 Å². The smallest absolute Gasteiger partial charge is 0.244 e. The predicted octanol–water partition coefficient (Wildman–Crippen LogP) is 2.39. The summed E-state index contributed by atoms with van der Waals surface area (Å²) in [6.07, 6.45) is 0.796. The van der Waals surface area contributed by atoms with Crippen LogP contribution in [-0.4, -0.2) is 26.9 Å². The number of para-hydroxylation sites is 1. The van der Waals surface area contributed by atoms with Gasteiger partial charge in [0.25, 0.3) is 0 Å². The van der Waals surface area contributed by atoms with Crippen molar-refractivity contribution in [3.8, 4) is 0 Å². The molecule has 0 fully saturated rings. The van der Waals surface area contributed by atoms with Crippen molar-refractivity contribution in [3.63, 3.8) is 0 Å². The van der Waals surface area contributed by atoms with E-state index < -0.39 is 16.1 Å². The maximum absolute atomic E-state index is 12.7. The van der Waals surface area contributed by atoms with E-state index in [-0.39, 0.29) is 11.7 Å². The Bertz CT molecular complexity index is 893. The number of fused-ring (bicyclic) bond motifs is 1. The zero-order valence-corrected chi connectivity index (χ0v) is 15.2. The van der Waals surface area contributed by atoms with E-state index in [2.05, 4.69) is 4.72 Å². The molecule has 0 bridgehead atoms. The average Bonchev–Trinajstić information content (AvgIpc) is 2.99. The second kappa shape index (κ2) is 6.98. The van der Waals surface area contributed by atoms with Gasteiger partial charge in [0.15, 0.2) is 0 Å². The minimum atomic E-state index is -3.61. The highest BCUT2D eigenvalue weighted by Crippen LogP contribution is 2.28. The minimum absolute atomic E-state index is 0.131. The number of nitrogens with one attached hydrogen (secondary N) is 1. The lowest BCUT2D eigenvalue weighted by Crippen LogP contribution is -2.46. The van der Waals surface area contributed by atoms with Crippen molar-refractivity contribution < 1.29 is 13.2 Å². The van der Waals surface area contributed by atoms with Gasteiger partial charge in [0.2, 0.25) is 15.9 Å². The number of aryl methyl sites for hydroxylation is 1. The van der Waals surface area contributed by atoms with Gasteiger partial charge in [0, 0.05) is 12.2 Å². The molecule has 0 radical (unpaired) electrons. The molecule has 1 amide bonds. The third-order valence-electron chi connectivity index (χ3n) is 4.49.